The van der Waals surface area contributed by atoms with Crippen LogP contribution in [0.3, 0.4) is 0 Å². The number of hydrogen-bond acceptors (Lipinski definition) is 3. The summed E-state index contributed by atoms with van der Waals surface area (Å²) in [6.45, 7) is 6.65. The molecule has 3 rings (SSSR count). The average Bonchev–Trinajstić information content (AvgIpc) is 2.69. The van der Waals surface area contributed by atoms with E-state index in [1.165, 1.54) is 36.9 Å². The minimum atomic E-state index is -0.0433. The average molecular weight is 341 g/mol. The van der Waals surface area contributed by atoms with Crippen molar-refractivity contribution in [2.45, 2.75) is 45.1 Å². The number of anilines is 1. The summed E-state index contributed by atoms with van der Waals surface area (Å²) in [4.78, 5) is 17.1. The van der Waals surface area contributed by atoms with Gasteiger partial charge in [0.2, 0.25) is 5.91 Å². The van der Waals surface area contributed by atoms with Crippen molar-refractivity contribution in [3.05, 3.63) is 42.0 Å². The highest BCUT2D eigenvalue weighted by Gasteiger charge is 2.25. The summed E-state index contributed by atoms with van der Waals surface area (Å²) in [7, 11) is 0. The second-order valence-electron chi connectivity index (χ2n) is 7.18. The molecule has 4 heteroatoms. The third-order valence-corrected chi connectivity index (χ3v) is 5.49. The summed E-state index contributed by atoms with van der Waals surface area (Å²) >= 11 is 0. The molecule has 1 aliphatic heterocycles. The molecule has 1 amide bonds. The van der Waals surface area contributed by atoms with E-state index in [4.69, 9.17) is 0 Å². The van der Waals surface area contributed by atoms with Gasteiger partial charge in [-0.2, -0.15) is 0 Å². The second kappa shape index (κ2) is 9.04. The summed E-state index contributed by atoms with van der Waals surface area (Å²) in [5, 5.41) is 3.13. The van der Waals surface area contributed by atoms with Crippen LogP contribution in [0.2, 0.25) is 0 Å². The molecule has 0 radical (unpaired) electrons. The molecule has 1 atom stereocenters. The Morgan fingerprint density at radius 2 is 1.88 bits per heavy atom. The van der Waals surface area contributed by atoms with Crippen molar-refractivity contribution in [3.8, 4) is 0 Å². The molecule has 25 heavy (non-hydrogen) atoms. The lowest BCUT2D eigenvalue weighted by molar-refractivity contribution is -0.125. The Morgan fingerprint density at radius 3 is 2.56 bits per heavy atom. The summed E-state index contributed by atoms with van der Waals surface area (Å²) < 4.78 is 0. The quantitative estimate of drug-likeness (QED) is 0.807. The van der Waals surface area contributed by atoms with Gasteiger partial charge in [-0.1, -0.05) is 29.8 Å². The highest BCUT2D eigenvalue weighted by molar-refractivity contribution is 5.81. The van der Waals surface area contributed by atoms with E-state index in [0.29, 0.717) is 0 Å². The maximum absolute atomic E-state index is 12.4. The van der Waals surface area contributed by atoms with Gasteiger partial charge in [0.1, 0.15) is 0 Å². The number of amides is 1. The van der Waals surface area contributed by atoms with Crippen LogP contribution in [-0.2, 0) is 4.79 Å². The standard InChI is InChI=1S/C21H31N3O/c1-18(21(25)22-13-12-19-8-4-2-5-9-19)23-14-16-24(17-15-23)20-10-6-3-7-11-20/h3,6-8,10-11,18H,2,4-5,9,12-17H2,1H3,(H,22,25). The van der Waals surface area contributed by atoms with Crippen LogP contribution in [-0.4, -0.2) is 49.6 Å². The van der Waals surface area contributed by atoms with Crippen molar-refractivity contribution < 1.29 is 4.79 Å². The first-order valence-corrected chi connectivity index (χ1v) is 9.74. The van der Waals surface area contributed by atoms with Crippen LogP contribution in [0.25, 0.3) is 0 Å². The number of hydrogen-bond donors (Lipinski definition) is 1. The molecule has 2 aliphatic rings. The molecule has 0 spiro atoms. The fraction of sp³-hybridized carbons (Fsp3) is 0.571. The molecule has 0 saturated carbocycles. The summed E-state index contributed by atoms with van der Waals surface area (Å²) in [6.07, 6.45) is 8.43. The highest BCUT2D eigenvalue weighted by Crippen LogP contribution is 2.19. The van der Waals surface area contributed by atoms with E-state index in [9.17, 15) is 4.79 Å². The number of piperazine rings is 1. The molecule has 136 valence electrons. The Bertz CT molecular complexity index is 576. The van der Waals surface area contributed by atoms with Crippen LogP contribution in [0.15, 0.2) is 42.0 Å². The van der Waals surface area contributed by atoms with Gasteiger partial charge >= 0.3 is 0 Å². The van der Waals surface area contributed by atoms with Crippen LogP contribution < -0.4 is 10.2 Å². The number of rotatable bonds is 6. The smallest absolute Gasteiger partial charge is 0.237 e. The van der Waals surface area contributed by atoms with Gasteiger partial charge in [0.25, 0.3) is 0 Å². The van der Waals surface area contributed by atoms with Gasteiger partial charge in [-0.3, -0.25) is 9.69 Å². The van der Waals surface area contributed by atoms with Crippen LogP contribution >= 0.6 is 0 Å². The molecule has 0 bridgehead atoms. The fourth-order valence-corrected chi connectivity index (χ4v) is 3.80. The van der Waals surface area contributed by atoms with Crippen molar-refractivity contribution >= 4 is 11.6 Å². The molecule has 1 heterocycles. The van der Waals surface area contributed by atoms with Gasteiger partial charge in [-0.15, -0.1) is 0 Å². The second-order valence-corrected chi connectivity index (χ2v) is 7.18. The molecule has 0 aromatic heterocycles. The molecule has 1 unspecified atom stereocenters. The Balaban J connectivity index is 1.40. The van der Waals surface area contributed by atoms with E-state index in [1.54, 1.807) is 0 Å². The Labute approximate surface area is 151 Å². The molecule has 1 aromatic carbocycles. The third-order valence-electron chi connectivity index (χ3n) is 5.49. The zero-order chi connectivity index (χ0) is 17.5. The lowest BCUT2D eigenvalue weighted by Gasteiger charge is -2.38. The van der Waals surface area contributed by atoms with E-state index in [2.05, 4.69) is 51.5 Å². The third kappa shape index (κ3) is 5.08. The minimum Gasteiger partial charge on any atom is -0.369 e. The van der Waals surface area contributed by atoms with Crippen molar-refractivity contribution in [1.82, 2.24) is 10.2 Å². The largest absolute Gasteiger partial charge is 0.369 e. The van der Waals surface area contributed by atoms with E-state index in [0.717, 1.165) is 39.1 Å². The number of benzene rings is 1. The monoisotopic (exact) mass is 341 g/mol. The van der Waals surface area contributed by atoms with E-state index in [-0.39, 0.29) is 11.9 Å². The lowest BCUT2D eigenvalue weighted by Crippen LogP contribution is -2.54. The van der Waals surface area contributed by atoms with Crippen LogP contribution in [0.5, 0.6) is 0 Å². The maximum atomic E-state index is 12.4. The number of carbonyl (C=O) groups is 1. The molecular weight excluding hydrogens is 310 g/mol. The van der Waals surface area contributed by atoms with Crippen molar-refractivity contribution in [2.75, 3.05) is 37.6 Å². The summed E-state index contributed by atoms with van der Waals surface area (Å²) in [5.41, 5.74) is 2.80. The van der Waals surface area contributed by atoms with Gasteiger partial charge in [-0.25, -0.2) is 0 Å². The number of allylic oxidation sites excluding steroid dienone is 1. The molecule has 1 saturated heterocycles. The number of nitrogens with zero attached hydrogens (tertiary/aromatic N) is 2. The Morgan fingerprint density at radius 1 is 1.12 bits per heavy atom. The van der Waals surface area contributed by atoms with Crippen molar-refractivity contribution in [1.29, 1.82) is 0 Å². The van der Waals surface area contributed by atoms with E-state index < -0.39 is 0 Å². The predicted molar refractivity (Wildman–Crippen MR) is 104 cm³/mol. The zero-order valence-electron chi connectivity index (χ0n) is 15.4. The van der Waals surface area contributed by atoms with Gasteiger partial charge in [0.05, 0.1) is 6.04 Å². The Hall–Kier alpha value is -1.81. The van der Waals surface area contributed by atoms with Gasteiger partial charge in [-0.05, 0) is 51.2 Å². The molecule has 1 N–H and O–H groups in total. The number of nitrogens with one attached hydrogen (secondary N) is 1. The van der Waals surface area contributed by atoms with Gasteiger partial charge in [0, 0.05) is 38.4 Å². The molecule has 1 aliphatic carbocycles. The van der Waals surface area contributed by atoms with E-state index in [1.807, 2.05) is 6.92 Å². The summed E-state index contributed by atoms with van der Waals surface area (Å²) in [5.74, 6) is 0.171. The number of carbonyl (C=O) groups excluding carboxylic acids is 1. The van der Waals surface area contributed by atoms with Crippen molar-refractivity contribution in [3.63, 3.8) is 0 Å². The first-order chi connectivity index (χ1) is 12.2. The first kappa shape index (κ1) is 18.0. The molecule has 1 aromatic rings. The molecule has 1 fully saturated rings. The lowest BCUT2D eigenvalue weighted by atomic mass is 9.97. The van der Waals surface area contributed by atoms with Crippen LogP contribution in [0.1, 0.15) is 39.0 Å². The highest BCUT2D eigenvalue weighted by atomic mass is 16.2. The van der Waals surface area contributed by atoms with Crippen LogP contribution in [0.4, 0.5) is 5.69 Å². The zero-order valence-corrected chi connectivity index (χ0v) is 15.4. The molecular formula is C21H31N3O. The minimum absolute atomic E-state index is 0.0433. The van der Waals surface area contributed by atoms with E-state index >= 15 is 0 Å². The summed E-state index contributed by atoms with van der Waals surface area (Å²) in [6, 6.07) is 10.5. The SMILES string of the molecule is CC(C(=O)NCCC1=CCCCC1)N1CCN(c2ccccc2)CC1. The van der Waals surface area contributed by atoms with Gasteiger partial charge in [0.15, 0.2) is 0 Å². The first-order valence-electron chi connectivity index (χ1n) is 9.74. The fourth-order valence-electron chi connectivity index (χ4n) is 3.80. The number of para-hydroxylation sites is 1. The molecule has 4 nitrogen and oxygen atoms in total. The normalized spacial score (nSPS) is 20.0. The Kier molecular flexibility index (Phi) is 6.51. The van der Waals surface area contributed by atoms with Gasteiger partial charge < -0.3 is 10.2 Å². The predicted octanol–water partition coefficient (Wildman–Crippen LogP) is 3.20. The topological polar surface area (TPSA) is 35.6 Å². The van der Waals surface area contributed by atoms with Crippen LogP contribution in [0, 0.1) is 0 Å². The maximum Gasteiger partial charge on any atom is 0.237 e. The van der Waals surface area contributed by atoms with Crippen molar-refractivity contribution in [2.24, 2.45) is 0 Å².